The van der Waals surface area contributed by atoms with Crippen LogP contribution in [0, 0.1) is 0 Å². The summed E-state index contributed by atoms with van der Waals surface area (Å²) in [6.07, 6.45) is 0.201. The van der Waals surface area contributed by atoms with Crippen molar-refractivity contribution in [1.29, 1.82) is 0 Å². The van der Waals surface area contributed by atoms with E-state index in [1.54, 1.807) is 12.1 Å². The maximum atomic E-state index is 10.6. The number of carbonyl (C=O) groups excluding carboxylic acids is 1. The predicted octanol–water partition coefficient (Wildman–Crippen LogP) is 1.18. The Kier molecular flexibility index (Phi) is 2.98. The molecule has 1 aromatic carbocycles. The van der Waals surface area contributed by atoms with Crippen molar-refractivity contribution in [2.45, 2.75) is 6.16 Å². The molecule has 0 bridgehead atoms. The van der Waals surface area contributed by atoms with Crippen LogP contribution in [0.15, 0.2) is 24.3 Å². The fraction of sp³-hybridized carbons (Fsp3) is 0.125. The summed E-state index contributed by atoms with van der Waals surface area (Å²) in [5.41, 5.74) is 0.705. The molecule has 0 atom stereocenters. The molecule has 4 nitrogen and oxygen atoms in total. The summed E-state index contributed by atoms with van der Waals surface area (Å²) in [4.78, 5) is 27.8. The van der Waals surface area contributed by atoms with Gasteiger partial charge in [0, 0.05) is 5.56 Å². The van der Waals surface area contributed by atoms with Crippen molar-refractivity contribution < 1.29 is 19.1 Å². The smallest absolute Gasteiger partial charge is 0.324 e. The third kappa shape index (κ3) is 3.11. The Bertz CT molecular complexity index is 355. The Morgan fingerprint density at radius 1 is 1.31 bits per heavy atom. The van der Waals surface area contributed by atoms with Crippen molar-refractivity contribution in [3.63, 3.8) is 0 Å². The van der Waals surface area contributed by atoms with Gasteiger partial charge >= 0.3 is 7.60 Å². The molecule has 0 heterocycles. The first-order valence-electron chi connectivity index (χ1n) is 3.60. The van der Waals surface area contributed by atoms with E-state index in [0.717, 1.165) is 0 Å². The molecule has 0 aliphatic carbocycles. The third-order valence-electron chi connectivity index (χ3n) is 1.56. The summed E-state index contributed by atoms with van der Waals surface area (Å²) in [6.45, 7) is 0. The number of aldehydes is 1. The zero-order valence-corrected chi connectivity index (χ0v) is 7.65. The minimum Gasteiger partial charge on any atom is -0.324 e. The molecule has 0 aromatic heterocycles. The van der Waals surface area contributed by atoms with E-state index in [-0.39, 0.29) is 6.16 Å². The standard InChI is InChI=1S/C8H9O4P/c9-5-7-3-1-2-4-8(7)6-13(10,11)12/h1-5H,6H2,(H2,10,11,12). The Labute approximate surface area is 75.4 Å². The predicted molar refractivity (Wildman–Crippen MR) is 47.6 cm³/mol. The van der Waals surface area contributed by atoms with E-state index in [9.17, 15) is 9.36 Å². The molecule has 0 fully saturated rings. The molecule has 0 spiro atoms. The van der Waals surface area contributed by atoms with Crippen LogP contribution in [-0.2, 0) is 10.7 Å². The van der Waals surface area contributed by atoms with E-state index < -0.39 is 7.60 Å². The second-order valence-electron chi connectivity index (χ2n) is 2.64. The van der Waals surface area contributed by atoms with Crippen LogP contribution in [0.4, 0.5) is 0 Å². The van der Waals surface area contributed by atoms with Crippen LogP contribution in [0.25, 0.3) is 0 Å². The lowest BCUT2D eigenvalue weighted by atomic mass is 10.1. The average molecular weight is 200 g/mol. The fourth-order valence-corrected chi connectivity index (χ4v) is 1.75. The van der Waals surface area contributed by atoms with Crippen LogP contribution in [-0.4, -0.2) is 16.1 Å². The average Bonchev–Trinajstić information content (AvgIpc) is 2.02. The minimum absolute atomic E-state index is 0.325. The Morgan fingerprint density at radius 2 is 1.92 bits per heavy atom. The van der Waals surface area contributed by atoms with Gasteiger partial charge in [0.05, 0.1) is 6.16 Å². The highest BCUT2D eigenvalue weighted by Crippen LogP contribution is 2.39. The van der Waals surface area contributed by atoms with E-state index in [2.05, 4.69) is 0 Å². The quantitative estimate of drug-likeness (QED) is 0.567. The van der Waals surface area contributed by atoms with Crippen molar-refractivity contribution in [3.8, 4) is 0 Å². The number of hydrogen-bond donors (Lipinski definition) is 2. The van der Waals surface area contributed by atoms with Gasteiger partial charge in [-0.15, -0.1) is 0 Å². The molecule has 5 heteroatoms. The van der Waals surface area contributed by atoms with E-state index in [0.29, 0.717) is 17.4 Å². The summed E-state index contributed by atoms with van der Waals surface area (Å²) < 4.78 is 10.6. The highest BCUT2D eigenvalue weighted by atomic mass is 31.2. The highest BCUT2D eigenvalue weighted by Gasteiger charge is 2.15. The molecule has 0 amide bonds. The summed E-state index contributed by atoms with van der Waals surface area (Å²) in [7, 11) is -4.09. The van der Waals surface area contributed by atoms with Crippen LogP contribution in [0.1, 0.15) is 15.9 Å². The van der Waals surface area contributed by atoms with Crippen LogP contribution in [0.3, 0.4) is 0 Å². The summed E-state index contributed by atoms with van der Waals surface area (Å²) in [5.74, 6) is 0. The van der Waals surface area contributed by atoms with Crippen LogP contribution in [0.5, 0.6) is 0 Å². The van der Waals surface area contributed by atoms with Gasteiger partial charge in [-0.3, -0.25) is 9.36 Å². The lowest BCUT2D eigenvalue weighted by Crippen LogP contribution is -1.92. The third-order valence-corrected chi connectivity index (χ3v) is 2.31. The molecule has 1 aromatic rings. The van der Waals surface area contributed by atoms with E-state index in [1.165, 1.54) is 12.1 Å². The zero-order chi connectivity index (χ0) is 9.90. The van der Waals surface area contributed by atoms with Gasteiger partial charge in [-0.2, -0.15) is 0 Å². The van der Waals surface area contributed by atoms with E-state index in [1.807, 2.05) is 0 Å². The van der Waals surface area contributed by atoms with Crippen LogP contribution in [0.2, 0.25) is 0 Å². The Balaban J connectivity index is 3.00. The number of carbonyl (C=O) groups is 1. The number of benzene rings is 1. The van der Waals surface area contributed by atoms with Gasteiger partial charge in [0.15, 0.2) is 0 Å². The molecule has 0 aliphatic rings. The first-order chi connectivity index (χ1) is 6.03. The number of hydrogen-bond acceptors (Lipinski definition) is 2. The van der Waals surface area contributed by atoms with Crippen LogP contribution < -0.4 is 0 Å². The van der Waals surface area contributed by atoms with Gasteiger partial charge < -0.3 is 9.79 Å². The Morgan fingerprint density at radius 3 is 2.46 bits per heavy atom. The van der Waals surface area contributed by atoms with Crippen molar-refractivity contribution in [2.75, 3.05) is 0 Å². The molecule has 0 aliphatic heterocycles. The fourth-order valence-electron chi connectivity index (χ4n) is 1.02. The van der Waals surface area contributed by atoms with Crippen molar-refractivity contribution in [3.05, 3.63) is 35.4 Å². The van der Waals surface area contributed by atoms with Gasteiger partial charge in [-0.05, 0) is 5.56 Å². The lowest BCUT2D eigenvalue weighted by Gasteiger charge is -2.05. The molecular weight excluding hydrogens is 191 g/mol. The highest BCUT2D eigenvalue weighted by molar-refractivity contribution is 7.50. The van der Waals surface area contributed by atoms with Crippen LogP contribution >= 0.6 is 7.60 Å². The van der Waals surface area contributed by atoms with Gasteiger partial charge in [0.2, 0.25) is 0 Å². The number of rotatable bonds is 3. The largest absolute Gasteiger partial charge is 0.329 e. The molecule has 2 N–H and O–H groups in total. The first kappa shape index (κ1) is 10.1. The molecular formula is C8H9O4P. The van der Waals surface area contributed by atoms with E-state index >= 15 is 0 Å². The van der Waals surface area contributed by atoms with Crippen molar-refractivity contribution in [2.24, 2.45) is 0 Å². The van der Waals surface area contributed by atoms with Gasteiger partial charge in [-0.25, -0.2) is 0 Å². The molecule has 0 saturated heterocycles. The molecule has 1 rings (SSSR count). The summed E-state index contributed by atoms with van der Waals surface area (Å²) in [5, 5.41) is 0. The first-order valence-corrected chi connectivity index (χ1v) is 5.40. The maximum absolute atomic E-state index is 10.6. The molecule has 0 saturated carbocycles. The molecule has 70 valence electrons. The van der Waals surface area contributed by atoms with Gasteiger partial charge in [0.25, 0.3) is 0 Å². The zero-order valence-electron chi connectivity index (χ0n) is 6.75. The topological polar surface area (TPSA) is 74.6 Å². The Hall–Kier alpha value is -0.960. The second kappa shape index (κ2) is 3.83. The molecule has 0 unspecified atom stereocenters. The van der Waals surface area contributed by atoms with Crippen molar-refractivity contribution >= 4 is 13.9 Å². The summed E-state index contributed by atoms with van der Waals surface area (Å²) in [6, 6.07) is 6.34. The SMILES string of the molecule is O=Cc1ccccc1CP(=O)(O)O. The summed E-state index contributed by atoms with van der Waals surface area (Å²) >= 11 is 0. The van der Waals surface area contributed by atoms with Gasteiger partial charge in [0.1, 0.15) is 6.29 Å². The monoisotopic (exact) mass is 200 g/mol. The van der Waals surface area contributed by atoms with E-state index in [4.69, 9.17) is 9.79 Å². The lowest BCUT2D eigenvalue weighted by molar-refractivity contribution is 0.112. The normalized spacial score (nSPS) is 11.2. The van der Waals surface area contributed by atoms with Crippen molar-refractivity contribution in [1.82, 2.24) is 0 Å². The van der Waals surface area contributed by atoms with Gasteiger partial charge in [-0.1, -0.05) is 24.3 Å². The molecule has 13 heavy (non-hydrogen) atoms. The molecule has 0 radical (unpaired) electrons. The second-order valence-corrected chi connectivity index (χ2v) is 4.29. The maximum Gasteiger partial charge on any atom is 0.329 e. The minimum atomic E-state index is -4.09.